The van der Waals surface area contributed by atoms with Crippen LogP contribution in [0.25, 0.3) is 16.9 Å². The quantitative estimate of drug-likeness (QED) is 0.793. The van der Waals surface area contributed by atoms with E-state index in [4.69, 9.17) is 5.73 Å². The number of unbranched alkanes of at least 4 members (excludes halogenated alkanes) is 1. The summed E-state index contributed by atoms with van der Waals surface area (Å²) >= 11 is 0. The molecule has 2 heterocycles. The molecule has 21 heavy (non-hydrogen) atoms. The van der Waals surface area contributed by atoms with E-state index in [0.717, 1.165) is 28.8 Å². The Hall–Kier alpha value is -2.36. The third-order valence-electron chi connectivity index (χ3n) is 3.79. The molecular formula is C17H20N4. The molecular weight excluding hydrogens is 260 g/mol. The van der Waals surface area contributed by atoms with Gasteiger partial charge in [-0.25, -0.2) is 9.97 Å². The standard InChI is InChI=1S/C17H20N4/c1-3-4-5-13-6-8-14(9-7-13)21-16-15(20-17(21)18)12(2)10-11-19-16/h6-11H,3-5H2,1-2H3,(H2,18,20). The minimum Gasteiger partial charge on any atom is -0.369 e. The molecule has 0 spiro atoms. The van der Waals surface area contributed by atoms with Crippen molar-refractivity contribution in [3.8, 4) is 5.69 Å². The third-order valence-corrected chi connectivity index (χ3v) is 3.79. The molecule has 0 atom stereocenters. The van der Waals surface area contributed by atoms with E-state index in [0.29, 0.717) is 5.95 Å². The van der Waals surface area contributed by atoms with E-state index in [1.165, 1.54) is 18.4 Å². The minimum atomic E-state index is 0.480. The molecule has 0 unspecified atom stereocenters. The van der Waals surface area contributed by atoms with Crippen molar-refractivity contribution in [3.63, 3.8) is 0 Å². The molecule has 0 saturated carbocycles. The molecule has 4 nitrogen and oxygen atoms in total. The summed E-state index contributed by atoms with van der Waals surface area (Å²) in [5.74, 6) is 0.480. The fourth-order valence-corrected chi connectivity index (χ4v) is 2.56. The van der Waals surface area contributed by atoms with Crippen LogP contribution in [0.3, 0.4) is 0 Å². The van der Waals surface area contributed by atoms with Gasteiger partial charge in [0.15, 0.2) is 5.65 Å². The molecule has 108 valence electrons. The number of anilines is 1. The van der Waals surface area contributed by atoms with Crippen molar-refractivity contribution in [2.75, 3.05) is 5.73 Å². The number of aromatic nitrogens is 3. The van der Waals surface area contributed by atoms with E-state index in [1.54, 1.807) is 6.20 Å². The van der Waals surface area contributed by atoms with E-state index in [2.05, 4.69) is 41.2 Å². The van der Waals surface area contributed by atoms with Crippen molar-refractivity contribution in [3.05, 3.63) is 47.7 Å². The second kappa shape index (κ2) is 5.56. The number of rotatable bonds is 4. The summed E-state index contributed by atoms with van der Waals surface area (Å²) in [6.07, 6.45) is 5.35. The molecule has 2 N–H and O–H groups in total. The maximum Gasteiger partial charge on any atom is 0.207 e. The van der Waals surface area contributed by atoms with Gasteiger partial charge in [0.1, 0.15) is 5.52 Å². The summed E-state index contributed by atoms with van der Waals surface area (Å²) in [7, 11) is 0. The van der Waals surface area contributed by atoms with E-state index in [1.807, 2.05) is 17.6 Å². The molecule has 2 aromatic heterocycles. The van der Waals surface area contributed by atoms with Crippen LogP contribution in [0.2, 0.25) is 0 Å². The predicted molar refractivity (Wildman–Crippen MR) is 86.6 cm³/mol. The van der Waals surface area contributed by atoms with Crippen LogP contribution in [0.4, 0.5) is 5.95 Å². The number of nitrogens with zero attached hydrogens (tertiary/aromatic N) is 3. The Morgan fingerprint density at radius 3 is 2.62 bits per heavy atom. The largest absolute Gasteiger partial charge is 0.369 e. The monoisotopic (exact) mass is 280 g/mol. The Balaban J connectivity index is 2.04. The van der Waals surface area contributed by atoms with Gasteiger partial charge in [-0.2, -0.15) is 0 Å². The van der Waals surface area contributed by atoms with E-state index < -0.39 is 0 Å². The molecule has 1 aromatic carbocycles. The fourth-order valence-electron chi connectivity index (χ4n) is 2.56. The number of imidazole rings is 1. The zero-order valence-corrected chi connectivity index (χ0v) is 12.5. The van der Waals surface area contributed by atoms with Crippen LogP contribution in [0.5, 0.6) is 0 Å². The van der Waals surface area contributed by atoms with Gasteiger partial charge in [0, 0.05) is 6.20 Å². The van der Waals surface area contributed by atoms with Crippen LogP contribution in [0.1, 0.15) is 30.9 Å². The molecule has 3 aromatic rings. The Bertz CT molecular complexity index is 756. The van der Waals surface area contributed by atoms with Gasteiger partial charge in [0.2, 0.25) is 5.95 Å². The highest BCUT2D eigenvalue weighted by molar-refractivity contribution is 5.79. The molecule has 0 aliphatic rings. The maximum atomic E-state index is 6.08. The number of hydrogen-bond acceptors (Lipinski definition) is 3. The number of aryl methyl sites for hydroxylation is 2. The summed E-state index contributed by atoms with van der Waals surface area (Å²) < 4.78 is 1.91. The first-order valence-corrected chi connectivity index (χ1v) is 7.39. The molecule has 0 fully saturated rings. The number of nitrogens with two attached hydrogens (primary N) is 1. The lowest BCUT2D eigenvalue weighted by atomic mass is 10.1. The predicted octanol–water partition coefficient (Wildman–Crippen LogP) is 3.65. The van der Waals surface area contributed by atoms with Crippen LogP contribution < -0.4 is 5.73 Å². The smallest absolute Gasteiger partial charge is 0.207 e. The van der Waals surface area contributed by atoms with Crippen molar-refractivity contribution in [2.45, 2.75) is 33.1 Å². The van der Waals surface area contributed by atoms with E-state index >= 15 is 0 Å². The van der Waals surface area contributed by atoms with Crippen molar-refractivity contribution < 1.29 is 0 Å². The Morgan fingerprint density at radius 2 is 1.90 bits per heavy atom. The summed E-state index contributed by atoms with van der Waals surface area (Å²) in [6, 6.07) is 10.4. The zero-order valence-electron chi connectivity index (χ0n) is 12.5. The number of pyridine rings is 1. The van der Waals surface area contributed by atoms with Gasteiger partial charge < -0.3 is 5.73 Å². The summed E-state index contributed by atoms with van der Waals surface area (Å²) in [5, 5.41) is 0. The number of benzene rings is 1. The molecule has 0 radical (unpaired) electrons. The zero-order chi connectivity index (χ0) is 14.8. The van der Waals surface area contributed by atoms with Gasteiger partial charge in [-0.15, -0.1) is 0 Å². The molecule has 0 amide bonds. The van der Waals surface area contributed by atoms with Crippen molar-refractivity contribution in [2.24, 2.45) is 0 Å². The van der Waals surface area contributed by atoms with E-state index in [-0.39, 0.29) is 0 Å². The van der Waals surface area contributed by atoms with E-state index in [9.17, 15) is 0 Å². The van der Waals surface area contributed by atoms with Gasteiger partial charge in [-0.1, -0.05) is 25.5 Å². The lowest BCUT2D eigenvalue weighted by Crippen LogP contribution is -2.01. The summed E-state index contributed by atoms with van der Waals surface area (Å²) in [6.45, 7) is 4.23. The molecule has 0 saturated heterocycles. The van der Waals surface area contributed by atoms with Crippen LogP contribution in [0, 0.1) is 6.92 Å². The molecule has 0 aliphatic carbocycles. The summed E-state index contributed by atoms with van der Waals surface area (Å²) in [4.78, 5) is 8.87. The average molecular weight is 280 g/mol. The maximum absolute atomic E-state index is 6.08. The normalized spacial score (nSPS) is 11.1. The van der Waals surface area contributed by atoms with Gasteiger partial charge in [-0.3, -0.25) is 4.57 Å². The van der Waals surface area contributed by atoms with Crippen molar-refractivity contribution >= 4 is 17.1 Å². The SMILES string of the molecule is CCCCc1ccc(-n2c(N)nc3c(C)ccnc32)cc1. The second-order valence-corrected chi connectivity index (χ2v) is 5.38. The first-order valence-electron chi connectivity index (χ1n) is 7.39. The average Bonchev–Trinajstić information content (AvgIpc) is 2.83. The first kappa shape index (κ1) is 13.6. The molecule has 4 heteroatoms. The number of nitrogen functional groups attached to an aromatic ring is 1. The molecule has 3 rings (SSSR count). The lowest BCUT2D eigenvalue weighted by molar-refractivity contribution is 0.795. The van der Waals surface area contributed by atoms with Gasteiger partial charge in [0.05, 0.1) is 5.69 Å². The number of hydrogen-bond donors (Lipinski definition) is 1. The van der Waals surface area contributed by atoms with Gasteiger partial charge in [0.25, 0.3) is 0 Å². The van der Waals surface area contributed by atoms with Crippen LogP contribution in [-0.4, -0.2) is 14.5 Å². The highest BCUT2D eigenvalue weighted by Gasteiger charge is 2.12. The summed E-state index contributed by atoms with van der Waals surface area (Å²) in [5.41, 5.74) is 11.2. The van der Waals surface area contributed by atoms with Crippen LogP contribution in [-0.2, 0) is 6.42 Å². The first-order chi connectivity index (χ1) is 10.2. The highest BCUT2D eigenvalue weighted by Crippen LogP contribution is 2.23. The third kappa shape index (κ3) is 2.49. The van der Waals surface area contributed by atoms with Crippen molar-refractivity contribution in [1.82, 2.24) is 14.5 Å². The molecule has 0 bridgehead atoms. The number of fused-ring (bicyclic) bond motifs is 1. The van der Waals surface area contributed by atoms with Gasteiger partial charge >= 0.3 is 0 Å². The molecule has 0 aliphatic heterocycles. The Morgan fingerprint density at radius 1 is 1.14 bits per heavy atom. The minimum absolute atomic E-state index is 0.480. The Labute approximate surface area is 124 Å². The highest BCUT2D eigenvalue weighted by atomic mass is 15.2. The van der Waals surface area contributed by atoms with Crippen LogP contribution >= 0.6 is 0 Å². The topological polar surface area (TPSA) is 56.7 Å². The second-order valence-electron chi connectivity index (χ2n) is 5.38. The fraction of sp³-hybridized carbons (Fsp3) is 0.294. The lowest BCUT2D eigenvalue weighted by Gasteiger charge is -2.07. The Kier molecular flexibility index (Phi) is 3.60. The van der Waals surface area contributed by atoms with Crippen LogP contribution in [0.15, 0.2) is 36.5 Å². The van der Waals surface area contributed by atoms with Crippen molar-refractivity contribution in [1.29, 1.82) is 0 Å². The van der Waals surface area contributed by atoms with Gasteiger partial charge in [-0.05, 0) is 49.1 Å².